The van der Waals surface area contributed by atoms with E-state index in [1.165, 1.54) is 5.56 Å². The zero-order valence-electron chi connectivity index (χ0n) is 9.35. The number of imidazole rings is 1. The van der Waals surface area contributed by atoms with Crippen molar-refractivity contribution in [3.05, 3.63) is 48.3 Å². The monoisotopic (exact) mass is 216 g/mol. The Labute approximate surface area is 95.1 Å². The van der Waals surface area contributed by atoms with Crippen LogP contribution in [-0.2, 0) is 6.54 Å². The first-order valence-electron chi connectivity index (χ1n) is 5.51. The van der Waals surface area contributed by atoms with Gasteiger partial charge in [0.05, 0.1) is 6.04 Å². The number of nitrogens with one attached hydrogen (secondary N) is 2. The second-order valence-electron chi connectivity index (χ2n) is 3.67. The van der Waals surface area contributed by atoms with Gasteiger partial charge in [0.15, 0.2) is 0 Å². The molecule has 1 unspecified atom stereocenters. The number of aromatic nitrogens is 3. The molecule has 2 rings (SSSR count). The van der Waals surface area contributed by atoms with Crippen LogP contribution in [0.15, 0.2) is 36.9 Å². The lowest BCUT2D eigenvalue weighted by atomic mass is 10.2. The van der Waals surface area contributed by atoms with Crippen LogP contribution in [0, 0.1) is 0 Å². The van der Waals surface area contributed by atoms with Crippen LogP contribution >= 0.6 is 0 Å². The zero-order chi connectivity index (χ0) is 11.2. The molecular weight excluding hydrogens is 200 g/mol. The largest absolute Gasteiger partial charge is 0.347 e. The lowest BCUT2D eigenvalue weighted by Crippen LogP contribution is -2.21. The van der Waals surface area contributed by atoms with Crippen LogP contribution in [0.2, 0.25) is 0 Å². The predicted molar refractivity (Wildman–Crippen MR) is 62.7 cm³/mol. The van der Waals surface area contributed by atoms with E-state index in [-0.39, 0.29) is 6.04 Å². The van der Waals surface area contributed by atoms with E-state index in [2.05, 4.69) is 27.2 Å². The number of rotatable bonds is 5. The summed E-state index contributed by atoms with van der Waals surface area (Å²) in [5, 5.41) is 3.47. The van der Waals surface area contributed by atoms with Crippen LogP contribution in [0.3, 0.4) is 0 Å². The molecule has 1 atom stereocenters. The molecule has 0 fully saturated rings. The minimum Gasteiger partial charge on any atom is -0.347 e. The third-order valence-electron chi connectivity index (χ3n) is 2.56. The van der Waals surface area contributed by atoms with Crippen molar-refractivity contribution >= 4 is 0 Å². The van der Waals surface area contributed by atoms with Gasteiger partial charge in [-0.2, -0.15) is 0 Å². The van der Waals surface area contributed by atoms with Gasteiger partial charge in [0.1, 0.15) is 5.82 Å². The Morgan fingerprint density at radius 1 is 1.31 bits per heavy atom. The minimum atomic E-state index is 0.281. The van der Waals surface area contributed by atoms with Crippen molar-refractivity contribution in [2.24, 2.45) is 0 Å². The van der Waals surface area contributed by atoms with Gasteiger partial charge < -0.3 is 10.3 Å². The van der Waals surface area contributed by atoms with E-state index >= 15 is 0 Å². The van der Waals surface area contributed by atoms with Crippen molar-refractivity contribution in [3.63, 3.8) is 0 Å². The van der Waals surface area contributed by atoms with E-state index in [4.69, 9.17) is 0 Å². The van der Waals surface area contributed by atoms with Gasteiger partial charge in [-0.05, 0) is 24.1 Å². The van der Waals surface area contributed by atoms with E-state index in [0.29, 0.717) is 0 Å². The molecule has 4 heteroatoms. The summed E-state index contributed by atoms with van der Waals surface area (Å²) in [6.45, 7) is 2.98. The standard InChI is InChI=1S/C12H16N4/c1-2-11(12-14-7-8-15-12)16-9-10-3-5-13-6-4-10/h3-8,11,16H,2,9H2,1H3,(H,14,15). The van der Waals surface area contributed by atoms with Crippen LogP contribution in [0.25, 0.3) is 0 Å². The molecular formula is C12H16N4. The molecule has 0 saturated carbocycles. The Bertz CT molecular complexity index is 396. The van der Waals surface area contributed by atoms with Crippen LogP contribution in [-0.4, -0.2) is 15.0 Å². The molecule has 4 nitrogen and oxygen atoms in total. The highest BCUT2D eigenvalue weighted by atomic mass is 15.0. The van der Waals surface area contributed by atoms with E-state index < -0.39 is 0 Å². The topological polar surface area (TPSA) is 53.6 Å². The Morgan fingerprint density at radius 2 is 2.12 bits per heavy atom. The van der Waals surface area contributed by atoms with Gasteiger partial charge in [-0.25, -0.2) is 4.98 Å². The van der Waals surface area contributed by atoms with Crippen LogP contribution in [0.4, 0.5) is 0 Å². The van der Waals surface area contributed by atoms with E-state index in [1.807, 2.05) is 30.7 Å². The van der Waals surface area contributed by atoms with Crippen molar-refractivity contribution < 1.29 is 0 Å². The van der Waals surface area contributed by atoms with Crippen LogP contribution in [0.5, 0.6) is 0 Å². The molecule has 0 aliphatic rings. The predicted octanol–water partition coefficient (Wildman–Crippen LogP) is 2.05. The molecule has 0 spiro atoms. The van der Waals surface area contributed by atoms with Crippen molar-refractivity contribution in [2.45, 2.75) is 25.9 Å². The van der Waals surface area contributed by atoms with Gasteiger partial charge in [0.25, 0.3) is 0 Å². The molecule has 0 aliphatic carbocycles. The van der Waals surface area contributed by atoms with E-state index in [0.717, 1.165) is 18.8 Å². The van der Waals surface area contributed by atoms with Crippen molar-refractivity contribution in [2.75, 3.05) is 0 Å². The van der Waals surface area contributed by atoms with E-state index in [1.54, 1.807) is 6.20 Å². The fourth-order valence-corrected chi connectivity index (χ4v) is 1.64. The molecule has 2 aromatic heterocycles. The molecule has 0 aromatic carbocycles. The summed E-state index contributed by atoms with van der Waals surface area (Å²) < 4.78 is 0. The molecule has 0 radical (unpaired) electrons. The summed E-state index contributed by atoms with van der Waals surface area (Å²) in [4.78, 5) is 11.4. The zero-order valence-corrected chi connectivity index (χ0v) is 9.35. The summed E-state index contributed by atoms with van der Waals surface area (Å²) in [6.07, 6.45) is 8.27. The summed E-state index contributed by atoms with van der Waals surface area (Å²) in [5.41, 5.74) is 1.24. The number of nitrogens with zero attached hydrogens (tertiary/aromatic N) is 2. The highest BCUT2D eigenvalue weighted by Crippen LogP contribution is 2.12. The molecule has 84 valence electrons. The fourth-order valence-electron chi connectivity index (χ4n) is 1.64. The number of hydrogen-bond donors (Lipinski definition) is 2. The maximum absolute atomic E-state index is 4.27. The molecule has 2 N–H and O–H groups in total. The van der Waals surface area contributed by atoms with Crippen molar-refractivity contribution in [1.82, 2.24) is 20.3 Å². The Kier molecular flexibility index (Phi) is 3.66. The lowest BCUT2D eigenvalue weighted by Gasteiger charge is -2.14. The highest BCUT2D eigenvalue weighted by Gasteiger charge is 2.10. The summed E-state index contributed by atoms with van der Waals surface area (Å²) in [5.74, 6) is 0.997. The molecule has 0 bridgehead atoms. The highest BCUT2D eigenvalue weighted by molar-refractivity contribution is 5.09. The maximum Gasteiger partial charge on any atom is 0.123 e. The van der Waals surface area contributed by atoms with E-state index in [9.17, 15) is 0 Å². The summed E-state index contributed by atoms with van der Waals surface area (Å²) >= 11 is 0. The van der Waals surface area contributed by atoms with Gasteiger partial charge in [0, 0.05) is 31.3 Å². The second kappa shape index (κ2) is 5.42. The SMILES string of the molecule is CCC(NCc1ccncc1)c1ncc[nH]1. The molecule has 0 saturated heterocycles. The second-order valence-corrected chi connectivity index (χ2v) is 3.67. The quantitative estimate of drug-likeness (QED) is 0.804. The number of H-pyrrole nitrogens is 1. The smallest absolute Gasteiger partial charge is 0.123 e. The average molecular weight is 216 g/mol. The van der Waals surface area contributed by atoms with Gasteiger partial charge >= 0.3 is 0 Å². The average Bonchev–Trinajstić information content (AvgIpc) is 2.85. The summed E-state index contributed by atoms with van der Waals surface area (Å²) in [7, 11) is 0. The van der Waals surface area contributed by atoms with Gasteiger partial charge in [-0.3, -0.25) is 4.98 Å². The first-order valence-corrected chi connectivity index (χ1v) is 5.51. The number of aromatic amines is 1. The summed E-state index contributed by atoms with van der Waals surface area (Å²) in [6, 6.07) is 4.31. The molecule has 2 heterocycles. The molecule has 16 heavy (non-hydrogen) atoms. The van der Waals surface area contributed by atoms with Crippen LogP contribution < -0.4 is 5.32 Å². The Hall–Kier alpha value is -1.68. The fraction of sp³-hybridized carbons (Fsp3) is 0.333. The molecule has 2 aromatic rings. The Morgan fingerprint density at radius 3 is 2.75 bits per heavy atom. The normalized spacial score (nSPS) is 12.6. The number of pyridine rings is 1. The first kappa shape index (κ1) is 10.8. The van der Waals surface area contributed by atoms with Crippen molar-refractivity contribution in [3.8, 4) is 0 Å². The van der Waals surface area contributed by atoms with Crippen LogP contribution in [0.1, 0.15) is 30.8 Å². The van der Waals surface area contributed by atoms with Gasteiger partial charge in [-0.1, -0.05) is 6.92 Å². The van der Waals surface area contributed by atoms with Crippen molar-refractivity contribution in [1.29, 1.82) is 0 Å². The third-order valence-corrected chi connectivity index (χ3v) is 2.56. The third kappa shape index (κ3) is 2.67. The molecule has 0 amide bonds. The van der Waals surface area contributed by atoms with Gasteiger partial charge in [0.2, 0.25) is 0 Å². The van der Waals surface area contributed by atoms with Gasteiger partial charge in [-0.15, -0.1) is 0 Å². The first-order chi connectivity index (χ1) is 7.90. The lowest BCUT2D eigenvalue weighted by molar-refractivity contribution is 0.497. The minimum absolute atomic E-state index is 0.281. The number of hydrogen-bond acceptors (Lipinski definition) is 3. The maximum atomic E-state index is 4.27. The molecule has 0 aliphatic heterocycles. The Balaban J connectivity index is 1.94.